The van der Waals surface area contributed by atoms with Crippen LogP contribution >= 0.6 is 23.2 Å². The predicted molar refractivity (Wildman–Crippen MR) is 26.5 cm³/mol. The monoisotopic (exact) mass is 202 g/mol. The molecular formula is C3HCl2F5. The van der Waals surface area contributed by atoms with Crippen LogP contribution in [0.3, 0.4) is 0 Å². The van der Waals surface area contributed by atoms with Gasteiger partial charge in [0.2, 0.25) is 5.38 Å². The van der Waals surface area contributed by atoms with Gasteiger partial charge in [0.15, 0.2) is 0 Å². The zero-order valence-corrected chi connectivity index (χ0v) is 5.73. The molecule has 0 heterocycles. The largest absolute Gasteiger partial charge is 0.412 e. The Labute approximate surface area is 62.9 Å². The lowest BCUT2D eigenvalue weighted by atomic mass is 10.4. The second-order valence-electron chi connectivity index (χ2n) is 1.45. The SMILES string of the molecule is FC(F)(F)[C@@H](Cl)C(F)(F)Cl. The van der Waals surface area contributed by atoms with Crippen LogP contribution in [0.15, 0.2) is 0 Å². The van der Waals surface area contributed by atoms with E-state index in [0.29, 0.717) is 0 Å². The Bertz CT molecular complexity index is 99.0. The van der Waals surface area contributed by atoms with Gasteiger partial charge in [0.1, 0.15) is 0 Å². The Balaban J connectivity index is 4.23. The molecule has 1 atom stereocenters. The van der Waals surface area contributed by atoms with E-state index >= 15 is 0 Å². The zero-order valence-electron chi connectivity index (χ0n) is 4.22. The summed E-state index contributed by atoms with van der Waals surface area (Å²) < 4.78 is 56.8. The summed E-state index contributed by atoms with van der Waals surface area (Å²) in [5.74, 6) is 0. The first-order valence-electron chi connectivity index (χ1n) is 1.93. The lowest BCUT2D eigenvalue weighted by Gasteiger charge is -2.17. The van der Waals surface area contributed by atoms with Gasteiger partial charge in [-0.2, -0.15) is 22.0 Å². The maximum atomic E-state index is 11.5. The summed E-state index contributed by atoms with van der Waals surface area (Å²) in [6.45, 7) is 0. The minimum absolute atomic E-state index is 3.33. The van der Waals surface area contributed by atoms with E-state index in [0.717, 1.165) is 0 Å². The Kier molecular flexibility index (Phi) is 2.76. The van der Waals surface area contributed by atoms with Gasteiger partial charge in [-0.1, -0.05) is 0 Å². The van der Waals surface area contributed by atoms with Crippen LogP contribution in [0.2, 0.25) is 0 Å². The van der Waals surface area contributed by atoms with E-state index in [1.54, 1.807) is 0 Å². The second kappa shape index (κ2) is 2.70. The van der Waals surface area contributed by atoms with Gasteiger partial charge >= 0.3 is 11.6 Å². The first-order valence-corrected chi connectivity index (χ1v) is 2.74. The molecule has 0 spiro atoms. The van der Waals surface area contributed by atoms with Crippen LogP contribution in [0.4, 0.5) is 22.0 Å². The minimum Gasteiger partial charge on any atom is -0.186 e. The van der Waals surface area contributed by atoms with Gasteiger partial charge in [-0.15, -0.1) is 11.6 Å². The van der Waals surface area contributed by atoms with Gasteiger partial charge in [-0.3, -0.25) is 0 Å². The van der Waals surface area contributed by atoms with E-state index in [1.165, 1.54) is 0 Å². The molecule has 7 heteroatoms. The summed E-state index contributed by atoms with van der Waals surface area (Å²) in [6, 6.07) is 0. The molecule has 0 N–H and O–H groups in total. The number of rotatable bonds is 1. The molecular weight excluding hydrogens is 202 g/mol. The quantitative estimate of drug-likeness (QED) is 0.453. The molecule has 0 aliphatic rings. The highest BCUT2D eigenvalue weighted by Crippen LogP contribution is 2.38. The van der Waals surface area contributed by atoms with Crippen LogP contribution in [0, 0.1) is 0 Å². The van der Waals surface area contributed by atoms with Crippen molar-refractivity contribution in [3.05, 3.63) is 0 Å². The summed E-state index contributed by atoms with van der Waals surface area (Å²) in [5.41, 5.74) is 0. The highest BCUT2D eigenvalue weighted by atomic mass is 35.5. The molecule has 0 aromatic heterocycles. The molecule has 62 valence electrons. The number of halogens is 7. The maximum absolute atomic E-state index is 11.5. The Morgan fingerprint density at radius 2 is 1.30 bits per heavy atom. The third-order valence-electron chi connectivity index (χ3n) is 0.575. The van der Waals surface area contributed by atoms with Crippen molar-refractivity contribution in [1.82, 2.24) is 0 Å². The first kappa shape index (κ1) is 10.2. The first-order chi connectivity index (χ1) is 4.15. The third-order valence-corrected chi connectivity index (χ3v) is 1.43. The third kappa shape index (κ3) is 2.88. The molecule has 0 aliphatic carbocycles. The lowest BCUT2D eigenvalue weighted by Crippen LogP contribution is -2.36. The molecule has 0 amide bonds. The molecule has 0 saturated heterocycles. The van der Waals surface area contributed by atoms with E-state index in [1.807, 2.05) is 0 Å². The van der Waals surface area contributed by atoms with Gasteiger partial charge in [0.25, 0.3) is 0 Å². The van der Waals surface area contributed by atoms with Crippen molar-refractivity contribution in [3.8, 4) is 0 Å². The molecule has 0 fully saturated rings. The van der Waals surface area contributed by atoms with Crippen molar-refractivity contribution in [1.29, 1.82) is 0 Å². The van der Waals surface area contributed by atoms with Crippen molar-refractivity contribution < 1.29 is 22.0 Å². The molecule has 0 bridgehead atoms. The van der Waals surface area contributed by atoms with Crippen molar-refractivity contribution in [2.75, 3.05) is 0 Å². The molecule has 0 rings (SSSR count). The van der Waals surface area contributed by atoms with E-state index in [9.17, 15) is 22.0 Å². The van der Waals surface area contributed by atoms with Crippen LogP contribution in [-0.4, -0.2) is 16.9 Å². The van der Waals surface area contributed by atoms with Gasteiger partial charge in [0.05, 0.1) is 0 Å². The Morgan fingerprint density at radius 1 is 1.00 bits per heavy atom. The fourth-order valence-corrected chi connectivity index (χ4v) is 0.309. The number of hydrogen-bond donors (Lipinski definition) is 0. The fraction of sp³-hybridized carbons (Fsp3) is 1.00. The van der Waals surface area contributed by atoms with E-state index in [4.69, 9.17) is 0 Å². The average Bonchev–Trinajstić information content (AvgIpc) is 1.59. The normalized spacial score (nSPS) is 17.1. The summed E-state index contributed by atoms with van der Waals surface area (Å²) in [5, 5.41) is -7.78. The van der Waals surface area contributed by atoms with Crippen LogP contribution in [0.5, 0.6) is 0 Å². The van der Waals surface area contributed by atoms with Crippen LogP contribution in [-0.2, 0) is 0 Å². The summed E-state index contributed by atoms with van der Waals surface area (Å²) in [7, 11) is 0. The highest BCUT2D eigenvalue weighted by molar-refractivity contribution is 6.31. The number of hydrogen-bond acceptors (Lipinski definition) is 0. The molecule has 0 aromatic carbocycles. The summed E-state index contributed by atoms with van der Waals surface area (Å²) >= 11 is 8.21. The van der Waals surface area contributed by atoms with Gasteiger partial charge < -0.3 is 0 Å². The lowest BCUT2D eigenvalue weighted by molar-refractivity contribution is -0.162. The van der Waals surface area contributed by atoms with Crippen LogP contribution < -0.4 is 0 Å². The van der Waals surface area contributed by atoms with Gasteiger partial charge in [-0.05, 0) is 11.6 Å². The van der Waals surface area contributed by atoms with Crippen molar-refractivity contribution >= 4 is 23.2 Å². The van der Waals surface area contributed by atoms with Gasteiger partial charge in [0, 0.05) is 0 Å². The van der Waals surface area contributed by atoms with Gasteiger partial charge in [-0.25, -0.2) is 0 Å². The van der Waals surface area contributed by atoms with Crippen molar-refractivity contribution in [3.63, 3.8) is 0 Å². The highest BCUT2D eigenvalue weighted by Gasteiger charge is 2.53. The smallest absolute Gasteiger partial charge is 0.186 e. The Morgan fingerprint density at radius 3 is 1.30 bits per heavy atom. The summed E-state index contributed by atoms with van der Waals surface area (Å²) in [6.07, 6.45) is -5.17. The van der Waals surface area contributed by atoms with E-state index < -0.39 is 16.9 Å². The molecule has 0 aliphatic heterocycles. The Hall–Kier alpha value is 0.230. The van der Waals surface area contributed by atoms with Crippen LogP contribution in [0.25, 0.3) is 0 Å². The topological polar surface area (TPSA) is 0 Å². The minimum atomic E-state index is -5.17. The van der Waals surface area contributed by atoms with Crippen molar-refractivity contribution in [2.45, 2.75) is 16.9 Å². The van der Waals surface area contributed by atoms with Crippen molar-refractivity contribution in [2.24, 2.45) is 0 Å². The van der Waals surface area contributed by atoms with E-state index in [2.05, 4.69) is 23.2 Å². The fourth-order valence-electron chi connectivity index (χ4n) is 0.186. The molecule has 0 aromatic rings. The molecule has 0 nitrogen and oxygen atoms in total. The second-order valence-corrected chi connectivity index (χ2v) is 2.39. The average molecular weight is 203 g/mol. The molecule has 0 radical (unpaired) electrons. The standard InChI is InChI=1S/C3HCl2F5/c4-1(2(5,6)7)3(8,9)10/h1H/t1-/m0/s1. The maximum Gasteiger partial charge on any atom is 0.412 e. The van der Waals surface area contributed by atoms with Crippen LogP contribution in [0.1, 0.15) is 0 Å². The molecule has 0 unspecified atom stereocenters. The molecule has 10 heavy (non-hydrogen) atoms. The zero-order chi connectivity index (χ0) is 8.58. The number of alkyl halides is 7. The molecule has 0 saturated carbocycles. The summed E-state index contributed by atoms with van der Waals surface area (Å²) in [4.78, 5) is 0. The van der Waals surface area contributed by atoms with E-state index in [-0.39, 0.29) is 0 Å². The predicted octanol–water partition coefficient (Wildman–Crippen LogP) is 2.99.